The molecule has 0 bridgehead atoms. The quantitative estimate of drug-likeness (QED) is 0.264. The van der Waals surface area contributed by atoms with Crippen LogP contribution in [0.1, 0.15) is 41.6 Å². The molecule has 1 saturated carbocycles. The van der Waals surface area contributed by atoms with E-state index < -0.39 is 5.97 Å². The number of amides is 1. The number of para-hydroxylation sites is 1. The Bertz CT molecular complexity index is 1460. The maximum atomic E-state index is 12.6. The fraction of sp³-hybridized carbons (Fsp3) is 0.250. The first-order valence-electron chi connectivity index (χ1n) is 13.2. The molecule has 7 heteroatoms. The Balaban J connectivity index is 1.18. The van der Waals surface area contributed by atoms with Gasteiger partial charge in [0.15, 0.2) is 0 Å². The van der Waals surface area contributed by atoms with E-state index in [1.54, 1.807) is 24.3 Å². The number of benzene rings is 4. The van der Waals surface area contributed by atoms with Gasteiger partial charge in [-0.15, -0.1) is 0 Å². The number of ether oxygens (including phenoxy) is 3. The van der Waals surface area contributed by atoms with Crippen molar-refractivity contribution >= 4 is 28.3 Å². The Morgan fingerprint density at radius 2 is 1.46 bits per heavy atom. The summed E-state index contributed by atoms with van der Waals surface area (Å²) in [5.74, 6) is 1.54. The highest BCUT2D eigenvalue weighted by Crippen LogP contribution is 2.30. The number of esters is 1. The highest BCUT2D eigenvalue weighted by atomic mass is 16.5. The molecule has 1 aliphatic carbocycles. The molecule has 39 heavy (non-hydrogen) atoms. The van der Waals surface area contributed by atoms with Gasteiger partial charge in [-0.25, -0.2) is 4.79 Å². The van der Waals surface area contributed by atoms with Gasteiger partial charge in [-0.1, -0.05) is 36.4 Å². The first kappa shape index (κ1) is 26.3. The predicted octanol–water partition coefficient (Wildman–Crippen LogP) is 6.25. The third-order valence-electron chi connectivity index (χ3n) is 6.93. The van der Waals surface area contributed by atoms with Crippen molar-refractivity contribution in [3.8, 4) is 17.2 Å². The van der Waals surface area contributed by atoms with Crippen LogP contribution in [0.25, 0.3) is 10.8 Å². The second-order valence-corrected chi connectivity index (χ2v) is 9.83. The zero-order chi connectivity index (χ0) is 27.2. The second kappa shape index (κ2) is 12.0. The van der Waals surface area contributed by atoms with E-state index in [0.717, 1.165) is 53.5 Å². The van der Waals surface area contributed by atoms with Gasteiger partial charge in [0.05, 0.1) is 30.9 Å². The van der Waals surface area contributed by atoms with Crippen LogP contribution in [0.4, 0.5) is 5.69 Å². The number of fused-ring (bicyclic) bond motifs is 1. The van der Waals surface area contributed by atoms with Crippen molar-refractivity contribution in [2.24, 2.45) is 5.73 Å². The van der Waals surface area contributed by atoms with Crippen LogP contribution in [-0.4, -0.2) is 31.1 Å². The van der Waals surface area contributed by atoms with Crippen molar-refractivity contribution in [2.75, 3.05) is 12.4 Å². The Hall–Kier alpha value is -4.36. The van der Waals surface area contributed by atoms with Crippen LogP contribution in [0.5, 0.6) is 17.2 Å². The highest BCUT2D eigenvalue weighted by molar-refractivity contribution is 6.01. The molecule has 0 aromatic heterocycles. The van der Waals surface area contributed by atoms with Crippen molar-refractivity contribution in [2.45, 2.75) is 44.2 Å². The predicted molar refractivity (Wildman–Crippen MR) is 151 cm³/mol. The normalized spacial score (nSPS) is 16.9. The van der Waals surface area contributed by atoms with E-state index in [4.69, 9.17) is 19.9 Å². The standard InChI is InChI=1S/C32H32N2O5/c1-37-32(36)29-4-2-3-5-30(29)34-31(35)18-21-6-12-25(13-7-21)38-27-14-8-23-20-28(15-9-22(23)19-27)39-26-16-10-24(33)11-17-26/h2-9,12-15,19-20,24,26H,10-11,16-18,33H2,1H3,(H,34,35)/t24-,26+. The van der Waals surface area contributed by atoms with E-state index in [9.17, 15) is 9.59 Å². The number of carbonyl (C=O) groups is 2. The summed E-state index contributed by atoms with van der Waals surface area (Å²) in [6.45, 7) is 0. The Morgan fingerprint density at radius 1 is 0.821 bits per heavy atom. The lowest BCUT2D eigenvalue weighted by atomic mass is 9.94. The van der Waals surface area contributed by atoms with Gasteiger partial charge >= 0.3 is 5.97 Å². The largest absolute Gasteiger partial charge is 0.490 e. The van der Waals surface area contributed by atoms with Gasteiger partial charge in [-0.3, -0.25) is 4.79 Å². The van der Waals surface area contributed by atoms with E-state index >= 15 is 0 Å². The molecule has 1 fully saturated rings. The lowest BCUT2D eigenvalue weighted by molar-refractivity contribution is -0.115. The molecule has 1 aliphatic rings. The molecule has 0 heterocycles. The van der Waals surface area contributed by atoms with E-state index in [0.29, 0.717) is 23.0 Å². The number of nitrogens with one attached hydrogen (secondary N) is 1. The minimum Gasteiger partial charge on any atom is -0.490 e. The van der Waals surface area contributed by atoms with Crippen LogP contribution >= 0.6 is 0 Å². The fourth-order valence-corrected chi connectivity index (χ4v) is 4.81. The first-order valence-corrected chi connectivity index (χ1v) is 13.2. The third kappa shape index (κ3) is 6.75. The fourth-order valence-electron chi connectivity index (χ4n) is 4.81. The summed E-state index contributed by atoms with van der Waals surface area (Å²) in [5.41, 5.74) is 7.56. The second-order valence-electron chi connectivity index (χ2n) is 9.83. The molecule has 0 unspecified atom stereocenters. The van der Waals surface area contributed by atoms with Crippen molar-refractivity contribution in [3.63, 3.8) is 0 Å². The Morgan fingerprint density at radius 3 is 2.18 bits per heavy atom. The summed E-state index contributed by atoms with van der Waals surface area (Å²) in [6, 6.07) is 26.5. The molecule has 4 aromatic rings. The number of rotatable bonds is 8. The van der Waals surface area contributed by atoms with E-state index in [-0.39, 0.29) is 18.4 Å². The molecular weight excluding hydrogens is 492 g/mol. The van der Waals surface area contributed by atoms with Crippen molar-refractivity contribution in [1.29, 1.82) is 0 Å². The molecular formula is C32H32N2O5. The summed E-state index contributed by atoms with van der Waals surface area (Å²) < 4.78 is 17.0. The van der Waals surface area contributed by atoms with E-state index in [1.807, 2.05) is 54.6 Å². The number of nitrogens with two attached hydrogens (primary N) is 1. The highest BCUT2D eigenvalue weighted by Gasteiger charge is 2.20. The topological polar surface area (TPSA) is 99.9 Å². The van der Waals surface area contributed by atoms with Crippen LogP contribution in [-0.2, 0) is 16.0 Å². The number of anilines is 1. The van der Waals surface area contributed by atoms with Gasteiger partial charge < -0.3 is 25.3 Å². The average Bonchev–Trinajstić information content (AvgIpc) is 2.95. The molecule has 3 N–H and O–H groups in total. The molecule has 200 valence electrons. The molecule has 4 aromatic carbocycles. The average molecular weight is 525 g/mol. The zero-order valence-corrected chi connectivity index (χ0v) is 21.9. The summed E-state index contributed by atoms with van der Waals surface area (Å²) in [7, 11) is 1.31. The van der Waals surface area contributed by atoms with Gasteiger partial charge in [0.1, 0.15) is 17.2 Å². The molecule has 0 spiro atoms. The molecule has 0 aliphatic heterocycles. The smallest absolute Gasteiger partial charge is 0.339 e. The van der Waals surface area contributed by atoms with Gasteiger partial charge in [0, 0.05) is 6.04 Å². The Kier molecular flexibility index (Phi) is 8.08. The van der Waals surface area contributed by atoms with Crippen LogP contribution in [0.3, 0.4) is 0 Å². The number of methoxy groups -OCH3 is 1. The van der Waals surface area contributed by atoms with Crippen molar-refractivity contribution in [1.82, 2.24) is 0 Å². The number of hydrogen-bond donors (Lipinski definition) is 2. The Labute approximate surface area is 227 Å². The van der Waals surface area contributed by atoms with Crippen LogP contribution in [0.15, 0.2) is 84.9 Å². The van der Waals surface area contributed by atoms with Crippen molar-refractivity contribution in [3.05, 3.63) is 96.1 Å². The number of hydrogen-bond acceptors (Lipinski definition) is 6. The van der Waals surface area contributed by atoms with Gasteiger partial charge in [0.2, 0.25) is 5.91 Å². The van der Waals surface area contributed by atoms with Crippen LogP contribution < -0.4 is 20.5 Å². The van der Waals surface area contributed by atoms with Crippen LogP contribution in [0, 0.1) is 0 Å². The third-order valence-corrected chi connectivity index (χ3v) is 6.93. The molecule has 5 rings (SSSR count). The minimum atomic E-state index is -0.500. The lowest BCUT2D eigenvalue weighted by Crippen LogP contribution is -2.31. The summed E-state index contributed by atoms with van der Waals surface area (Å²) >= 11 is 0. The zero-order valence-electron chi connectivity index (χ0n) is 21.9. The maximum absolute atomic E-state index is 12.6. The lowest BCUT2D eigenvalue weighted by Gasteiger charge is -2.26. The maximum Gasteiger partial charge on any atom is 0.339 e. The number of carbonyl (C=O) groups excluding carboxylic acids is 2. The van der Waals surface area contributed by atoms with E-state index in [2.05, 4.69) is 11.4 Å². The summed E-state index contributed by atoms with van der Waals surface area (Å²) in [5, 5.41) is 4.94. The summed E-state index contributed by atoms with van der Waals surface area (Å²) in [4.78, 5) is 24.5. The van der Waals surface area contributed by atoms with Gasteiger partial charge in [0.25, 0.3) is 0 Å². The molecule has 0 radical (unpaired) electrons. The SMILES string of the molecule is COC(=O)c1ccccc1NC(=O)Cc1ccc(Oc2ccc3cc(O[C@H]4CC[C@@H](N)CC4)ccc3c2)cc1. The first-order chi connectivity index (χ1) is 19.0. The van der Waals surface area contributed by atoms with Gasteiger partial charge in [-0.2, -0.15) is 0 Å². The minimum absolute atomic E-state index is 0.157. The van der Waals surface area contributed by atoms with Crippen molar-refractivity contribution < 1.29 is 23.8 Å². The van der Waals surface area contributed by atoms with Gasteiger partial charge in [-0.05, 0) is 90.6 Å². The molecule has 0 atom stereocenters. The monoisotopic (exact) mass is 524 g/mol. The summed E-state index contributed by atoms with van der Waals surface area (Å²) in [6.07, 6.45) is 4.41. The van der Waals surface area contributed by atoms with E-state index in [1.165, 1.54) is 7.11 Å². The van der Waals surface area contributed by atoms with Crippen LogP contribution in [0.2, 0.25) is 0 Å². The molecule has 1 amide bonds. The molecule has 7 nitrogen and oxygen atoms in total. The molecule has 0 saturated heterocycles.